The number of carbonyl (C=O) groups is 2. The first-order chi connectivity index (χ1) is 25.5. The SMILES string of the molecule is COc1cc(OC2CCc3c(-c4cccc(NC(=O)c5nc6c(n5C)CCN(C(C)CO)C6)c4Cl)cccc32)c(Cl)c(F)c1CNCC(CO)C(=O)O. The van der Waals surface area contributed by atoms with Crippen molar-refractivity contribution in [2.24, 2.45) is 13.0 Å². The molecule has 0 spiro atoms. The average Bonchev–Trinajstić information content (AvgIpc) is 3.73. The van der Waals surface area contributed by atoms with Crippen LogP contribution >= 0.6 is 23.2 Å². The third-order valence-electron chi connectivity index (χ3n) is 10.1. The van der Waals surface area contributed by atoms with Crippen molar-refractivity contribution in [3.05, 3.63) is 92.2 Å². The number of aromatic nitrogens is 2. The fourth-order valence-electron chi connectivity index (χ4n) is 7.05. The Morgan fingerprint density at radius 1 is 1.08 bits per heavy atom. The molecule has 1 aromatic heterocycles. The Morgan fingerprint density at radius 2 is 1.83 bits per heavy atom. The number of hydrogen-bond donors (Lipinski definition) is 5. The summed E-state index contributed by atoms with van der Waals surface area (Å²) in [5.74, 6) is -2.81. The summed E-state index contributed by atoms with van der Waals surface area (Å²) in [5, 5.41) is 34.0. The molecule has 0 saturated carbocycles. The van der Waals surface area contributed by atoms with Gasteiger partial charge in [0.15, 0.2) is 11.6 Å². The number of nitrogens with zero attached hydrogens (tertiary/aromatic N) is 3. The fourth-order valence-corrected chi connectivity index (χ4v) is 7.54. The maximum absolute atomic E-state index is 15.6. The molecule has 1 aliphatic heterocycles. The average molecular weight is 771 g/mol. The molecule has 3 atom stereocenters. The molecule has 15 heteroatoms. The number of amides is 1. The molecular formula is C38H42Cl2FN5O7. The van der Waals surface area contributed by atoms with Crippen LogP contribution in [0.5, 0.6) is 11.5 Å². The quantitative estimate of drug-likeness (QED) is 0.113. The highest BCUT2D eigenvalue weighted by Gasteiger charge is 2.31. The van der Waals surface area contributed by atoms with Crippen molar-refractivity contribution < 1.29 is 38.8 Å². The van der Waals surface area contributed by atoms with Gasteiger partial charge in [0.1, 0.15) is 22.6 Å². The number of rotatable bonds is 14. The van der Waals surface area contributed by atoms with Gasteiger partial charge in [-0.3, -0.25) is 14.5 Å². The van der Waals surface area contributed by atoms with Gasteiger partial charge in [0.2, 0.25) is 0 Å². The summed E-state index contributed by atoms with van der Waals surface area (Å²) in [6, 6.07) is 12.8. The zero-order valence-electron chi connectivity index (χ0n) is 29.6. The van der Waals surface area contributed by atoms with Crippen LogP contribution in [0.15, 0.2) is 42.5 Å². The van der Waals surface area contributed by atoms with Crippen molar-refractivity contribution >= 4 is 40.8 Å². The summed E-state index contributed by atoms with van der Waals surface area (Å²) < 4.78 is 29.2. The molecule has 5 N–H and O–H groups in total. The van der Waals surface area contributed by atoms with Gasteiger partial charge < -0.3 is 40.0 Å². The molecule has 1 aliphatic carbocycles. The fraction of sp³-hybridized carbons (Fsp3) is 0.395. The molecule has 3 unspecified atom stereocenters. The summed E-state index contributed by atoms with van der Waals surface area (Å²) in [5.41, 5.74) is 5.85. The van der Waals surface area contributed by atoms with Crippen LogP contribution in [0.4, 0.5) is 10.1 Å². The van der Waals surface area contributed by atoms with E-state index in [0.717, 1.165) is 46.6 Å². The molecule has 53 heavy (non-hydrogen) atoms. The van der Waals surface area contributed by atoms with Gasteiger partial charge in [0, 0.05) is 68.6 Å². The van der Waals surface area contributed by atoms with Crippen molar-refractivity contribution in [1.82, 2.24) is 19.8 Å². The zero-order chi connectivity index (χ0) is 38.0. The van der Waals surface area contributed by atoms with Crippen LogP contribution < -0.4 is 20.1 Å². The number of hydrogen-bond acceptors (Lipinski definition) is 9. The molecule has 2 heterocycles. The zero-order valence-corrected chi connectivity index (χ0v) is 31.1. The molecule has 0 fully saturated rings. The molecule has 12 nitrogen and oxygen atoms in total. The maximum Gasteiger partial charge on any atom is 0.310 e. The molecule has 3 aromatic carbocycles. The molecule has 4 aromatic rings. The summed E-state index contributed by atoms with van der Waals surface area (Å²) in [4.78, 5) is 31.6. The third-order valence-corrected chi connectivity index (χ3v) is 10.9. The van der Waals surface area contributed by atoms with Gasteiger partial charge in [-0.25, -0.2) is 9.37 Å². The number of nitrogens with one attached hydrogen (secondary N) is 2. The number of aliphatic carboxylic acids is 1. The molecule has 282 valence electrons. The van der Waals surface area contributed by atoms with Crippen LogP contribution in [0.25, 0.3) is 11.1 Å². The first-order valence-corrected chi connectivity index (χ1v) is 18.1. The van der Waals surface area contributed by atoms with Crippen molar-refractivity contribution in [2.45, 2.75) is 51.4 Å². The molecule has 2 aliphatic rings. The van der Waals surface area contributed by atoms with Gasteiger partial charge in [-0.05, 0) is 42.5 Å². The molecule has 0 saturated heterocycles. The molecular weight excluding hydrogens is 728 g/mol. The first-order valence-electron chi connectivity index (χ1n) is 17.3. The number of methoxy groups -OCH3 is 1. The standard InChI is InChI=1S/C38H42Cl2FN5O7/c1-20(18-47)46-13-12-29-28(17-46)43-36(45(29)2)37(49)44-27-9-5-8-25(33(27)39)22-6-4-7-24-23(22)10-11-30(24)53-32-14-31(52-3)26(35(41)34(32)40)16-42-15-21(19-48)38(50)51/h4-9,14,20-21,30,42,47-48H,10-13,15-19H2,1-3H3,(H,44,49)(H,50,51). The number of benzene rings is 3. The van der Waals surface area contributed by atoms with Gasteiger partial charge in [-0.1, -0.05) is 53.5 Å². The van der Waals surface area contributed by atoms with Crippen LogP contribution in [-0.2, 0) is 37.8 Å². The number of carboxylic acids is 1. The summed E-state index contributed by atoms with van der Waals surface area (Å²) in [7, 11) is 3.22. The highest BCUT2D eigenvalue weighted by molar-refractivity contribution is 6.36. The van der Waals surface area contributed by atoms with Crippen molar-refractivity contribution in [3.63, 3.8) is 0 Å². The number of imidazole rings is 1. The number of fused-ring (bicyclic) bond motifs is 2. The first kappa shape index (κ1) is 38.5. The van der Waals surface area contributed by atoms with E-state index < -0.39 is 30.4 Å². The van der Waals surface area contributed by atoms with E-state index in [2.05, 4.69) is 20.5 Å². The normalized spacial score (nSPS) is 16.5. The van der Waals surface area contributed by atoms with Crippen molar-refractivity contribution in [1.29, 1.82) is 0 Å². The van der Waals surface area contributed by atoms with E-state index in [1.54, 1.807) is 6.07 Å². The number of halogens is 3. The van der Waals surface area contributed by atoms with Gasteiger partial charge in [-0.2, -0.15) is 0 Å². The Balaban J connectivity index is 1.20. The van der Waals surface area contributed by atoms with Gasteiger partial charge >= 0.3 is 5.97 Å². The minimum atomic E-state index is -1.17. The maximum atomic E-state index is 15.6. The smallest absolute Gasteiger partial charge is 0.310 e. The number of carbonyl (C=O) groups excluding carboxylic acids is 1. The molecule has 6 rings (SSSR count). The van der Waals surface area contributed by atoms with Gasteiger partial charge in [0.05, 0.1) is 42.6 Å². The van der Waals surface area contributed by atoms with E-state index >= 15 is 4.39 Å². The van der Waals surface area contributed by atoms with E-state index in [4.69, 9.17) is 32.7 Å². The topological polar surface area (TPSA) is 158 Å². The van der Waals surface area contributed by atoms with E-state index in [1.807, 2.05) is 48.9 Å². The predicted molar refractivity (Wildman–Crippen MR) is 198 cm³/mol. The van der Waals surface area contributed by atoms with E-state index in [9.17, 15) is 24.9 Å². The van der Waals surface area contributed by atoms with Crippen molar-refractivity contribution in [2.75, 3.05) is 38.7 Å². The van der Waals surface area contributed by atoms with Crippen molar-refractivity contribution in [3.8, 4) is 22.6 Å². The second-order valence-corrected chi connectivity index (χ2v) is 14.1. The lowest BCUT2D eigenvalue weighted by Crippen LogP contribution is -2.39. The van der Waals surface area contributed by atoms with Crippen LogP contribution in [0.1, 0.15) is 58.1 Å². The third kappa shape index (κ3) is 7.73. The Kier molecular flexibility index (Phi) is 11.9. The van der Waals surface area contributed by atoms with E-state index in [-0.39, 0.29) is 59.6 Å². The van der Waals surface area contributed by atoms with E-state index in [0.29, 0.717) is 30.1 Å². The lowest BCUT2D eigenvalue weighted by Gasteiger charge is -2.30. The largest absolute Gasteiger partial charge is 0.496 e. The molecule has 1 amide bonds. The summed E-state index contributed by atoms with van der Waals surface area (Å²) >= 11 is 13.5. The van der Waals surface area contributed by atoms with Crippen LogP contribution in [0.3, 0.4) is 0 Å². The Bertz CT molecular complexity index is 2030. The number of anilines is 1. The molecule has 0 bridgehead atoms. The van der Waals surface area contributed by atoms with Crippen LogP contribution in [0, 0.1) is 11.7 Å². The minimum absolute atomic E-state index is 0.00405. The predicted octanol–water partition coefficient (Wildman–Crippen LogP) is 5.38. The second kappa shape index (κ2) is 16.4. The minimum Gasteiger partial charge on any atom is -0.496 e. The molecule has 0 radical (unpaired) electrons. The lowest BCUT2D eigenvalue weighted by molar-refractivity contribution is -0.142. The van der Waals surface area contributed by atoms with Crippen LogP contribution in [0.2, 0.25) is 10.0 Å². The summed E-state index contributed by atoms with van der Waals surface area (Å²) in [6.07, 6.45) is 1.49. The highest BCUT2D eigenvalue weighted by Crippen LogP contribution is 2.45. The van der Waals surface area contributed by atoms with Gasteiger partial charge in [-0.15, -0.1) is 0 Å². The summed E-state index contributed by atoms with van der Waals surface area (Å²) in [6.45, 7) is 2.61. The second-order valence-electron chi connectivity index (χ2n) is 13.3. The monoisotopic (exact) mass is 769 g/mol. The van der Waals surface area contributed by atoms with Crippen LogP contribution in [-0.4, -0.2) is 81.1 Å². The number of aliphatic hydroxyl groups is 2. The van der Waals surface area contributed by atoms with Gasteiger partial charge in [0.25, 0.3) is 5.91 Å². The highest BCUT2D eigenvalue weighted by atomic mass is 35.5. The Morgan fingerprint density at radius 3 is 2.55 bits per heavy atom. The number of carboxylic acid groups (broad SMARTS) is 1. The lowest BCUT2D eigenvalue weighted by atomic mass is 9.96. The number of ether oxygens (including phenoxy) is 2. The number of aliphatic hydroxyl groups excluding tert-OH is 2. The Labute approximate surface area is 316 Å². The Hall–Kier alpha value is -4.24. The van der Waals surface area contributed by atoms with E-state index in [1.165, 1.54) is 13.2 Å².